The smallest absolute Gasteiger partial charge is 0.220 e. The van der Waals surface area contributed by atoms with Crippen molar-refractivity contribution < 1.29 is 9.18 Å². The summed E-state index contributed by atoms with van der Waals surface area (Å²) < 4.78 is 14.0. The molecule has 0 aromatic heterocycles. The number of amides is 1. The maximum Gasteiger partial charge on any atom is 0.220 e. The van der Waals surface area contributed by atoms with Crippen LogP contribution in [0.15, 0.2) is 22.7 Å². The van der Waals surface area contributed by atoms with Crippen LogP contribution >= 0.6 is 15.9 Å². The second-order valence-corrected chi connectivity index (χ2v) is 6.49. The van der Waals surface area contributed by atoms with Gasteiger partial charge in [-0.1, -0.05) is 29.8 Å². The van der Waals surface area contributed by atoms with Crippen LogP contribution in [0.2, 0.25) is 0 Å². The average Bonchev–Trinajstić information content (AvgIpc) is 2.44. The van der Waals surface area contributed by atoms with E-state index in [-0.39, 0.29) is 11.7 Å². The van der Waals surface area contributed by atoms with E-state index >= 15 is 0 Å². The fraction of sp³-hybridized carbons (Fsp3) is 0.562. The van der Waals surface area contributed by atoms with Gasteiger partial charge in [0.15, 0.2) is 0 Å². The maximum absolute atomic E-state index is 13.2. The highest BCUT2D eigenvalue weighted by Crippen LogP contribution is 2.21. The van der Waals surface area contributed by atoms with Crippen molar-refractivity contribution in [3.8, 4) is 0 Å². The number of nitrogens with two attached hydrogens (primary N) is 1. The molecule has 0 radical (unpaired) electrons. The van der Waals surface area contributed by atoms with Gasteiger partial charge in [0.05, 0.1) is 0 Å². The highest BCUT2D eigenvalue weighted by Gasteiger charge is 2.14. The van der Waals surface area contributed by atoms with Crippen molar-refractivity contribution in [3.63, 3.8) is 0 Å². The average molecular weight is 359 g/mol. The molecule has 0 bridgehead atoms. The van der Waals surface area contributed by atoms with Gasteiger partial charge in [-0.3, -0.25) is 4.79 Å². The Hall–Kier alpha value is -0.940. The Balaban J connectivity index is 2.42. The fourth-order valence-corrected chi connectivity index (χ4v) is 2.69. The van der Waals surface area contributed by atoms with Crippen LogP contribution in [0.1, 0.15) is 38.7 Å². The molecule has 1 rings (SSSR count). The van der Waals surface area contributed by atoms with E-state index < -0.39 is 0 Å². The Morgan fingerprint density at radius 1 is 1.38 bits per heavy atom. The van der Waals surface area contributed by atoms with Crippen LogP contribution in [0.5, 0.6) is 0 Å². The van der Waals surface area contributed by atoms with Crippen molar-refractivity contribution >= 4 is 21.8 Å². The number of benzene rings is 1. The molecule has 0 aliphatic rings. The van der Waals surface area contributed by atoms with Crippen LogP contribution in [0.3, 0.4) is 0 Å². The lowest BCUT2D eigenvalue weighted by molar-refractivity contribution is -0.121. The summed E-state index contributed by atoms with van der Waals surface area (Å²) in [7, 11) is 0. The summed E-state index contributed by atoms with van der Waals surface area (Å²) in [5.41, 5.74) is 6.34. The quantitative estimate of drug-likeness (QED) is 0.745. The van der Waals surface area contributed by atoms with Crippen LogP contribution in [0.4, 0.5) is 4.39 Å². The number of rotatable bonds is 8. The van der Waals surface area contributed by atoms with E-state index in [1.165, 1.54) is 12.1 Å². The van der Waals surface area contributed by atoms with Crippen LogP contribution in [0.25, 0.3) is 0 Å². The molecule has 1 unspecified atom stereocenters. The molecule has 1 amide bonds. The summed E-state index contributed by atoms with van der Waals surface area (Å²) in [5, 5.41) is 2.84. The Kier molecular flexibility index (Phi) is 7.89. The molecule has 1 aromatic carbocycles. The molecule has 1 atom stereocenters. The van der Waals surface area contributed by atoms with Gasteiger partial charge in [0.2, 0.25) is 5.91 Å². The van der Waals surface area contributed by atoms with Gasteiger partial charge in [-0.25, -0.2) is 4.39 Å². The molecule has 0 saturated heterocycles. The fourth-order valence-electron chi connectivity index (χ4n) is 2.30. The molecule has 0 fully saturated rings. The van der Waals surface area contributed by atoms with Crippen molar-refractivity contribution in [1.82, 2.24) is 5.32 Å². The summed E-state index contributed by atoms with van der Waals surface area (Å²) in [6.45, 7) is 5.30. The summed E-state index contributed by atoms with van der Waals surface area (Å²) in [6.07, 6.45) is 2.27. The number of nitrogens with one attached hydrogen (secondary N) is 1. The van der Waals surface area contributed by atoms with Crippen molar-refractivity contribution in [2.24, 2.45) is 17.6 Å². The zero-order chi connectivity index (χ0) is 15.8. The Labute approximate surface area is 134 Å². The summed E-state index contributed by atoms with van der Waals surface area (Å²) in [6, 6.07) is 4.46. The third-order valence-corrected chi connectivity index (χ3v) is 4.48. The maximum atomic E-state index is 13.2. The number of halogens is 2. The minimum Gasteiger partial charge on any atom is -0.352 e. The van der Waals surface area contributed by atoms with E-state index in [2.05, 4.69) is 35.1 Å². The number of carbonyl (C=O) groups is 1. The van der Waals surface area contributed by atoms with Crippen LogP contribution in [-0.2, 0) is 11.3 Å². The van der Waals surface area contributed by atoms with Gasteiger partial charge < -0.3 is 11.1 Å². The van der Waals surface area contributed by atoms with Crippen molar-refractivity contribution in [1.29, 1.82) is 0 Å². The van der Waals surface area contributed by atoms with E-state index in [0.717, 1.165) is 22.9 Å². The molecule has 1 aromatic rings. The van der Waals surface area contributed by atoms with Crippen LogP contribution in [0, 0.1) is 17.7 Å². The van der Waals surface area contributed by atoms with Crippen molar-refractivity contribution in [2.75, 3.05) is 6.54 Å². The first-order valence-corrected chi connectivity index (χ1v) is 8.14. The molecule has 21 heavy (non-hydrogen) atoms. The van der Waals surface area contributed by atoms with Gasteiger partial charge in [-0.05, 0) is 55.0 Å². The predicted molar refractivity (Wildman–Crippen MR) is 87.2 cm³/mol. The minimum atomic E-state index is -0.301. The molecule has 0 aliphatic carbocycles. The zero-order valence-electron chi connectivity index (χ0n) is 12.7. The lowest BCUT2D eigenvalue weighted by atomic mass is 9.88. The van der Waals surface area contributed by atoms with E-state index in [1.807, 2.05) is 0 Å². The first kappa shape index (κ1) is 18.1. The van der Waals surface area contributed by atoms with E-state index in [0.29, 0.717) is 31.3 Å². The molecule has 0 saturated carbocycles. The highest BCUT2D eigenvalue weighted by atomic mass is 79.9. The van der Waals surface area contributed by atoms with E-state index in [4.69, 9.17) is 5.73 Å². The molecule has 0 aliphatic heterocycles. The normalized spacial score (nSPS) is 12.5. The summed E-state index contributed by atoms with van der Waals surface area (Å²) in [4.78, 5) is 11.9. The predicted octanol–water partition coefficient (Wildman–Crippen LogP) is 3.61. The topological polar surface area (TPSA) is 55.1 Å². The second-order valence-electron chi connectivity index (χ2n) is 5.63. The number of hydrogen-bond acceptors (Lipinski definition) is 2. The molecule has 3 nitrogen and oxygen atoms in total. The molecule has 0 heterocycles. The van der Waals surface area contributed by atoms with Crippen molar-refractivity contribution in [2.45, 2.75) is 39.7 Å². The van der Waals surface area contributed by atoms with Crippen molar-refractivity contribution in [3.05, 3.63) is 34.1 Å². The first-order valence-electron chi connectivity index (χ1n) is 7.34. The third kappa shape index (κ3) is 6.57. The van der Waals surface area contributed by atoms with Gasteiger partial charge in [0.25, 0.3) is 0 Å². The van der Waals surface area contributed by atoms with Gasteiger partial charge in [0.1, 0.15) is 5.82 Å². The Bertz CT molecular complexity index is 466. The monoisotopic (exact) mass is 358 g/mol. The van der Waals surface area contributed by atoms with Crippen LogP contribution in [-0.4, -0.2) is 12.5 Å². The minimum absolute atomic E-state index is 0.00571. The largest absolute Gasteiger partial charge is 0.352 e. The van der Waals surface area contributed by atoms with E-state index in [1.54, 1.807) is 6.07 Å². The molecular weight excluding hydrogens is 335 g/mol. The van der Waals surface area contributed by atoms with Gasteiger partial charge in [-0.15, -0.1) is 0 Å². The number of carbonyl (C=O) groups excluding carboxylic acids is 1. The first-order chi connectivity index (χ1) is 9.93. The Morgan fingerprint density at radius 3 is 2.71 bits per heavy atom. The molecule has 5 heteroatoms. The van der Waals surface area contributed by atoms with Gasteiger partial charge in [-0.2, -0.15) is 0 Å². The highest BCUT2D eigenvalue weighted by molar-refractivity contribution is 9.10. The molecule has 3 N–H and O–H groups in total. The molecule has 118 valence electrons. The second kappa shape index (κ2) is 9.15. The zero-order valence-corrected chi connectivity index (χ0v) is 14.2. The third-order valence-electron chi connectivity index (χ3n) is 3.71. The van der Waals surface area contributed by atoms with Gasteiger partial charge >= 0.3 is 0 Å². The number of hydrogen-bond donors (Lipinski definition) is 2. The molecular formula is C16H24BrFN2O. The SMILES string of the molecule is CC(C)C(CCN)CCC(=O)NCc1cc(F)ccc1Br. The summed E-state index contributed by atoms with van der Waals surface area (Å²) in [5.74, 6) is 0.694. The summed E-state index contributed by atoms with van der Waals surface area (Å²) >= 11 is 3.35. The van der Waals surface area contributed by atoms with E-state index in [9.17, 15) is 9.18 Å². The molecule has 0 spiro atoms. The lowest BCUT2D eigenvalue weighted by Gasteiger charge is -2.19. The lowest BCUT2D eigenvalue weighted by Crippen LogP contribution is -2.24. The Morgan fingerprint density at radius 2 is 2.10 bits per heavy atom. The van der Waals surface area contributed by atoms with Gasteiger partial charge in [0, 0.05) is 17.4 Å². The standard InChI is InChI=1S/C16H24BrFN2O/c1-11(2)12(7-8-19)3-6-16(21)20-10-13-9-14(18)4-5-15(13)17/h4-5,9,11-12H,3,6-8,10,19H2,1-2H3,(H,20,21). The van der Waals surface area contributed by atoms with Crippen LogP contribution < -0.4 is 11.1 Å².